The SMILES string of the molecule is CCOCCN1CC(C2CC2)NCC1(C)c1ccccc1. The van der Waals surface area contributed by atoms with Gasteiger partial charge in [-0.05, 0) is 38.2 Å². The smallest absolute Gasteiger partial charge is 0.0593 e. The highest BCUT2D eigenvalue weighted by Crippen LogP contribution is 2.38. The Morgan fingerprint density at radius 2 is 2.05 bits per heavy atom. The molecule has 0 spiro atoms. The van der Waals surface area contributed by atoms with E-state index in [0.29, 0.717) is 6.04 Å². The average Bonchev–Trinajstić information content (AvgIpc) is 3.35. The highest BCUT2D eigenvalue weighted by molar-refractivity contribution is 5.25. The summed E-state index contributed by atoms with van der Waals surface area (Å²) in [6.45, 7) is 9.26. The van der Waals surface area contributed by atoms with Crippen LogP contribution in [0.3, 0.4) is 0 Å². The van der Waals surface area contributed by atoms with E-state index in [1.54, 1.807) is 0 Å². The molecule has 3 heteroatoms. The maximum absolute atomic E-state index is 5.61. The first-order chi connectivity index (χ1) is 10.2. The Kier molecular flexibility index (Phi) is 4.63. The molecule has 21 heavy (non-hydrogen) atoms. The summed E-state index contributed by atoms with van der Waals surface area (Å²) in [6, 6.07) is 11.6. The van der Waals surface area contributed by atoms with Gasteiger partial charge in [-0.15, -0.1) is 0 Å². The summed E-state index contributed by atoms with van der Waals surface area (Å²) in [5, 5.41) is 3.81. The average molecular weight is 288 g/mol. The molecule has 1 aromatic rings. The molecule has 0 bridgehead atoms. The molecule has 0 amide bonds. The summed E-state index contributed by atoms with van der Waals surface area (Å²) in [5.74, 6) is 0.903. The normalized spacial score (nSPS) is 30.5. The largest absolute Gasteiger partial charge is 0.380 e. The third-order valence-corrected chi connectivity index (χ3v) is 5.12. The highest BCUT2D eigenvalue weighted by Gasteiger charge is 2.43. The third kappa shape index (κ3) is 3.31. The Balaban J connectivity index is 1.75. The number of nitrogens with one attached hydrogen (secondary N) is 1. The van der Waals surface area contributed by atoms with Gasteiger partial charge in [0, 0.05) is 32.3 Å². The van der Waals surface area contributed by atoms with Gasteiger partial charge in [0.2, 0.25) is 0 Å². The summed E-state index contributed by atoms with van der Waals surface area (Å²) in [5.41, 5.74) is 1.48. The van der Waals surface area contributed by atoms with Gasteiger partial charge in [-0.2, -0.15) is 0 Å². The predicted octanol–water partition coefficient (Wildman–Crippen LogP) is 2.62. The van der Waals surface area contributed by atoms with Crippen LogP contribution in [0.15, 0.2) is 30.3 Å². The first-order valence-corrected chi connectivity index (χ1v) is 8.36. The van der Waals surface area contributed by atoms with Crippen molar-refractivity contribution in [2.75, 3.05) is 32.8 Å². The molecule has 3 nitrogen and oxygen atoms in total. The Morgan fingerprint density at radius 1 is 1.29 bits per heavy atom. The van der Waals surface area contributed by atoms with E-state index in [2.05, 4.69) is 54.4 Å². The van der Waals surface area contributed by atoms with Crippen LogP contribution in [0, 0.1) is 5.92 Å². The van der Waals surface area contributed by atoms with Crippen LogP contribution < -0.4 is 5.32 Å². The predicted molar refractivity (Wildman–Crippen MR) is 86.4 cm³/mol. The lowest BCUT2D eigenvalue weighted by Crippen LogP contribution is -2.62. The number of ether oxygens (including phenoxy) is 1. The van der Waals surface area contributed by atoms with E-state index in [4.69, 9.17) is 4.74 Å². The van der Waals surface area contributed by atoms with Crippen molar-refractivity contribution in [1.29, 1.82) is 0 Å². The molecule has 1 aliphatic carbocycles. The molecule has 0 radical (unpaired) electrons. The number of hydrogen-bond donors (Lipinski definition) is 1. The van der Waals surface area contributed by atoms with Crippen LogP contribution >= 0.6 is 0 Å². The lowest BCUT2D eigenvalue weighted by atomic mass is 9.86. The minimum absolute atomic E-state index is 0.0732. The van der Waals surface area contributed by atoms with Crippen molar-refractivity contribution in [3.05, 3.63) is 35.9 Å². The van der Waals surface area contributed by atoms with E-state index < -0.39 is 0 Å². The number of nitrogens with zero attached hydrogens (tertiary/aromatic N) is 1. The first kappa shape index (κ1) is 15.0. The lowest BCUT2D eigenvalue weighted by molar-refractivity contribution is 0.0156. The number of piperazine rings is 1. The van der Waals surface area contributed by atoms with E-state index in [9.17, 15) is 0 Å². The fourth-order valence-electron chi connectivity index (χ4n) is 3.50. The summed E-state index contributed by atoms with van der Waals surface area (Å²) < 4.78 is 5.61. The van der Waals surface area contributed by atoms with Crippen molar-refractivity contribution >= 4 is 0 Å². The van der Waals surface area contributed by atoms with Crippen molar-refractivity contribution in [3.63, 3.8) is 0 Å². The second-order valence-electron chi connectivity index (χ2n) is 6.61. The molecule has 2 aliphatic rings. The molecule has 3 rings (SSSR count). The minimum Gasteiger partial charge on any atom is -0.380 e. The molecule has 2 fully saturated rings. The van der Waals surface area contributed by atoms with Crippen LogP contribution in [-0.4, -0.2) is 43.8 Å². The molecule has 2 unspecified atom stereocenters. The van der Waals surface area contributed by atoms with Crippen LogP contribution in [0.25, 0.3) is 0 Å². The molecule has 1 aromatic carbocycles. The molecule has 1 aliphatic heterocycles. The van der Waals surface area contributed by atoms with Crippen LogP contribution in [0.2, 0.25) is 0 Å². The van der Waals surface area contributed by atoms with E-state index in [1.165, 1.54) is 18.4 Å². The zero-order valence-electron chi connectivity index (χ0n) is 13.3. The van der Waals surface area contributed by atoms with Gasteiger partial charge in [0.25, 0.3) is 0 Å². The third-order valence-electron chi connectivity index (χ3n) is 5.12. The molecule has 1 saturated heterocycles. The van der Waals surface area contributed by atoms with Gasteiger partial charge in [0.05, 0.1) is 12.1 Å². The Morgan fingerprint density at radius 3 is 2.71 bits per heavy atom. The second-order valence-corrected chi connectivity index (χ2v) is 6.61. The Labute approximate surface area is 128 Å². The molecular weight excluding hydrogens is 260 g/mol. The molecular formula is C18H28N2O. The number of rotatable bonds is 6. The van der Waals surface area contributed by atoms with Gasteiger partial charge < -0.3 is 10.1 Å². The summed E-state index contributed by atoms with van der Waals surface area (Å²) in [6.07, 6.45) is 2.80. The van der Waals surface area contributed by atoms with Gasteiger partial charge >= 0.3 is 0 Å². The Bertz CT molecular complexity index is 446. The number of hydrogen-bond acceptors (Lipinski definition) is 3. The van der Waals surface area contributed by atoms with Crippen molar-refractivity contribution in [2.45, 2.75) is 38.3 Å². The maximum Gasteiger partial charge on any atom is 0.0593 e. The van der Waals surface area contributed by atoms with Gasteiger partial charge in [-0.25, -0.2) is 0 Å². The second kappa shape index (κ2) is 6.47. The molecule has 1 saturated carbocycles. The maximum atomic E-state index is 5.61. The van der Waals surface area contributed by atoms with Crippen LogP contribution in [0.1, 0.15) is 32.3 Å². The molecule has 1 heterocycles. The summed E-state index contributed by atoms with van der Waals surface area (Å²) in [4.78, 5) is 2.64. The van der Waals surface area contributed by atoms with E-state index in [-0.39, 0.29) is 5.54 Å². The van der Waals surface area contributed by atoms with Gasteiger partial charge in [0.1, 0.15) is 0 Å². The minimum atomic E-state index is 0.0732. The fourth-order valence-corrected chi connectivity index (χ4v) is 3.50. The first-order valence-electron chi connectivity index (χ1n) is 8.36. The van der Waals surface area contributed by atoms with E-state index in [0.717, 1.165) is 38.8 Å². The standard InChI is InChI=1S/C18H28N2O/c1-3-21-12-11-20-13-17(15-9-10-15)19-14-18(20,2)16-7-5-4-6-8-16/h4-8,15,17,19H,3,9-14H2,1-2H3. The molecule has 1 N–H and O–H groups in total. The topological polar surface area (TPSA) is 24.5 Å². The van der Waals surface area contributed by atoms with Crippen LogP contribution in [0.5, 0.6) is 0 Å². The zero-order chi connectivity index (χ0) is 14.7. The lowest BCUT2D eigenvalue weighted by Gasteiger charge is -2.48. The van der Waals surface area contributed by atoms with Crippen molar-refractivity contribution < 1.29 is 4.74 Å². The summed E-state index contributed by atoms with van der Waals surface area (Å²) in [7, 11) is 0. The highest BCUT2D eigenvalue weighted by atomic mass is 16.5. The monoisotopic (exact) mass is 288 g/mol. The van der Waals surface area contributed by atoms with Gasteiger partial charge in [-0.1, -0.05) is 30.3 Å². The molecule has 116 valence electrons. The number of benzene rings is 1. The molecule has 0 aromatic heterocycles. The summed E-state index contributed by atoms with van der Waals surface area (Å²) >= 11 is 0. The quantitative estimate of drug-likeness (QED) is 0.814. The van der Waals surface area contributed by atoms with E-state index in [1.807, 2.05) is 0 Å². The molecule has 2 atom stereocenters. The zero-order valence-corrected chi connectivity index (χ0v) is 13.3. The van der Waals surface area contributed by atoms with Gasteiger partial charge in [0.15, 0.2) is 0 Å². The van der Waals surface area contributed by atoms with Crippen LogP contribution in [-0.2, 0) is 10.3 Å². The van der Waals surface area contributed by atoms with Crippen molar-refractivity contribution in [3.8, 4) is 0 Å². The fraction of sp³-hybridized carbons (Fsp3) is 0.667. The van der Waals surface area contributed by atoms with Crippen molar-refractivity contribution in [1.82, 2.24) is 10.2 Å². The Hall–Kier alpha value is -0.900. The van der Waals surface area contributed by atoms with Gasteiger partial charge in [-0.3, -0.25) is 4.90 Å². The van der Waals surface area contributed by atoms with Crippen LogP contribution in [0.4, 0.5) is 0 Å². The van der Waals surface area contributed by atoms with E-state index >= 15 is 0 Å². The van der Waals surface area contributed by atoms with Crippen molar-refractivity contribution in [2.24, 2.45) is 5.92 Å².